The van der Waals surface area contributed by atoms with Crippen molar-refractivity contribution in [3.8, 4) is 24.1 Å². The average Bonchev–Trinajstić information content (AvgIpc) is 3.48. The lowest BCUT2D eigenvalue weighted by Crippen LogP contribution is -2.32. The summed E-state index contributed by atoms with van der Waals surface area (Å²) in [7, 11) is 4.87. The van der Waals surface area contributed by atoms with Gasteiger partial charge in [-0.05, 0) is 6.42 Å². The Kier molecular flexibility index (Phi) is 5.83. The highest BCUT2D eigenvalue weighted by Gasteiger charge is 2.27. The Morgan fingerprint density at radius 3 is 2.87 bits per heavy atom. The predicted molar refractivity (Wildman–Crippen MR) is 114 cm³/mol. The van der Waals surface area contributed by atoms with Gasteiger partial charge in [-0.15, -0.1) is 11.5 Å². The summed E-state index contributed by atoms with van der Waals surface area (Å²) in [6, 6.07) is -0.0326. The summed E-state index contributed by atoms with van der Waals surface area (Å²) < 4.78 is 21.0. The van der Waals surface area contributed by atoms with Gasteiger partial charge in [-0.2, -0.15) is 0 Å². The Labute approximate surface area is 179 Å². The molecule has 1 saturated heterocycles. The Bertz CT molecular complexity index is 1170. The number of likely N-dealkylation sites (tertiary alicyclic amines) is 1. The molecule has 4 rings (SSSR count). The first kappa shape index (κ1) is 20.8. The van der Waals surface area contributed by atoms with Gasteiger partial charge in [-0.3, -0.25) is 14.1 Å². The van der Waals surface area contributed by atoms with E-state index in [1.165, 1.54) is 17.7 Å². The number of aryl methyl sites for hydroxylation is 1. The number of methoxy groups -OCH3 is 2. The van der Waals surface area contributed by atoms with Gasteiger partial charge in [0.15, 0.2) is 5.65 Å². The molecule has 0 aliphatic carbocycles. The van der Waals surface area contributed by atoms with E-state index in [2.05, 4.69) is 26.2 Å². The highest BCUT2D eigenvalue weighted by molar-refractivity contribution is 5.75. The molecule has 1 N–H and O–H groups in total. The summed E-state index contributed by atoms with van der Waals surface area (Å²) in [4.78, 5) is 19.8. The Morgan fingerprint density at radius 2 is 2.13 bits per heavy atom. The van der Waals surface area contributed by atoms with Crippen LogP contribution in [0.3, 0.4) is 0 Å². The van der Waals surface area contributed by atoms with Gasteiger partial charge >= 0.3 is 5.69 Å². The molecule has 0 aromatic carbocycles. The molecule has 1 atom stereocenters. The molecule has 1 aliphatic heterocycles. The highest BCUT2D eigenvalue weighted by Crippen LogP contribution is 2.30. The maximum Gasteiger partial charge on any atom is 0.337 e. The number of nitrogens with zero attached hydrogens (tertiary/aromatic N) is 6. The largest absolute Gasteiger partial charge is 0.481 e. The predicted octanol–water partition coefficient (Wildman–Crippen LogP) is 0.844. The van der Waals surface area contributed by atoms with E-state index in [0.29, 0.717) is 42.1 Å². The van der Waals surface area contributed by atoms with Crippen LogP contribution in [0, 0.1) is 12.3 Å². The number of terminal acetylenes is 1. The molecule has 31 heavy (non-hydrogen) atoms. The maximum absolute atomic E-state index is 13.3. The SMILES string of the molecule is C#CCOCN1CCC(n2cc(Nc3cn(C)nc3OC)c3ncc(OC)n3c2=O)C1. The van der Waals surface area contributed by atoms with Crippen LogP contribution in [-0.4, -0.2) is 69.3 Å². The molecule has 0 spiro atoms. The first-order valence-electron chi connectivity index (χ1n) is 9.80. The molecule has 0 saturated carbocycles. The van der Waals surface area contributed by atoms with Crippen molar-refractivity contribution in [1.82, 2.24) is 28.6 Å². The number of anilines is 2. The fraction of sp³-hybridized carbons (Fsp3) is 0.450. The summed E-state index contributed by atoms with van der Waals surface area (Å²) in [5, 5.41) is 7.57. The second-order valence-electron chi connectivity index (χ2n) is 7.24. The van der Waals surface area contributed by atoms with E-state index in [9.17, 15) is 4.79 Å². The Hall–Kier alpha value is -3.49. The minimum atomic E-state index is -0.218. The molecular weight excluding hydrogens is 402 g/mol. The standard InChI is InChI=1S/C20H25N7O4/c1-5-8-31-13-25-7-6-14(10-25)26-12-15(22-16-11-24(2)23-19(16)30-4)18-21-9-17(29-3)27(18)20(26)28/h1,9,11-12,14,22H,6-8,10,13H2,2-4H3. The van der Waals surface area contributed by atoms with Crippen molar-refractivity contribution in [2.45, 2.75) is 12.5 Å². The monoisotopic (exact) mass is 427 g/mol. The number of rotatable bonds is 8. The molecule has 0 bridgehead atoms. The van der Waals surface area contributed by atoms with Gasteiger partial charge in [0.1, 0.15) is 19.0 Å². The van der Waals surface area contributed by atoms with Crippen LogP contribution >= 0.6 is 0 Å². The minimum absolute atomic E-state index is 0.0326. The van der Waals surface area contributed by atoms with Gasteiger partial charge in [0.2, 0.25) is 5.88 Å². The van der Waals surface area contributed by atoms with Gasteiger partial charge in [0.25, 0.3) is 5.88 Å². The van der Waals surface area contributed by atoms with Crippen LogP contribution in [0.1, 0.15) is 12.5 Å². The van der Waals surface area contributed by atoms with Crippen LogP contribution in [0.4, 0.5) is 11.4 Å². The molecule has 11 heteroatoms. The molecule has 0 radical (unpaired) electrons. The van der Waals surface area contributed by atoms with Gasteiger partial charge in [-0.1, -0.05) is 5.92 Å². The van der Waals surface area contributed by atoms with E-state index >= 15 is 0 Å². The van der Waals surface area contributed by atoms with Crippen LogP contribution in [0.25, 0.3) is 5.65 Å². The number of imidazole rings is 1. The molecule has 1 fully saturated rings. The fourth-order valence-corrected chi connectivity index (χ4v) is 3.81. The molecule has 164 valence electrons. The molecule has 11 nitrogen and oxygen atoms in total. The molecule has 1 aliphatic rings. The van der Waals surface area contributed by atoms with E-state index in [1.807, 2.05) is 0 Å². The van der Waals surface area contributed by atoms with Gasteiger partial charge in [0, 0.05) is 26.3 Å². The zero-order chi connectivity index (χ0) is 22.0. The number of hydrogen-bond donors (Lipinski definition) is 1. The maximum atomic E-state index is 13.3. The van der Waals surface area contributed by atoms with Crippen molar-refractivity contribution >= 4 is 17.0 Å². The molecule has 4 heterocycles. The van der Waals surface area contributed by atoms with E-state index < -0.39 is 0 Å². The van der Waals surface area contributed by atoms with Crippen molar-refractivity contribution in [3.05, 3.63) is 29.1 Å². The second kappa shape index (κ2) is 8.71. The van der Waals surface area contributed by atoms with E-state index in [1.54, 1.807) is 35.8 Å². The first-order valence-corrected chi connectivity index (χ1v) is 9.80. The number of ether oxygens (including phenoxy) is 3. The first-order chi connectivity index (χ1) is 15.0. The van der Waals surface area contributed by atoms with Crippen molar-refractivity contribution in [1.29, 1.82) is 0 Å². The summed E-state index contributed by atoms with van der Waals surface area (Å²) >= 11 is 0. The van der Waals surface area contributed by atoms with Crippen LogP contribution in [0.2, 0.25) is 0 Å². The topological polar surface area (TPSA) is 100 Å². The second-order valence-corrected chi connectivity index (χ2v) is 7.24. The van der Waals surface area contributed by atoms with Crippen LogP contribution < -0.4 is 20.5 Å². The third-order valence-corrected chi connectivity index (χ3v) is 5.22. The lowest BCUT2D eigenvalue weighted by atomic mass is 10.2. The van der Waals surface area contributed by atoms with Crippen molar-refractivity contribution < 1.29 is 14.2 Å². The fourth-order valence-electron chi connectivity index (χ4n) is 3.81. The smallest absolute Gasteiger partial charge is 0.337 e. The highest BCUT2D eigenvalue weighted by atomic mass is 16.5. The third kappa shape index (κ3) is 3.95. The van der Waals surface area contributed by atoms with E-state index in [0.717, 1.165) is 13.0 Å². The molecule has 1 unspecified atom stereocenters. The van der Waals surface area contributed by atoms with Gasteiger partial charge < -0.3 is 19.5 Å². The zero-order valence-corrected chi connectivity index (χ0v) is 17.7. The van der Waals surface area contributed by atoms with Gasteiger partial charge in [-0.25, -0.2) is 14.2 Å². The van der Waals surface area contributed by atoms with Crippen LogP contribution in [0.15, 0.2) is 23.4 Å². The molecule has 0 amide bonds. The lowest BCUT2D eigenvalue weighted by Gasteiger charge is -2.19. The van der Waals surface area contributed by atoms with Gasteiger partial charge in [0.05, 0.1) is 38.3 Å². The van der Waals surface area contributed by atoms with Crippen LogP contribution in [0.5, 0.6) is 11.8 Å². The Balaban J connectivity index is 1.72. The summed E-state index contributed by atoms with van der Waals surface area (Å²) in [6.45, 7) is 2.17. The summed E-state index contributed by atoms with van der Waals surface area (Å²) in [5.74, 6) is 3.26. The number of aromatic nitrogens is 5. The van der Waals surface area contributed by atoms with Crippen molar-refractivity contribution in [2.75, 3.05) is 46.0 Å². The molecule has 3 aromatic rings. The average molecular weight is 427 g/mol. The van der Waals surface area contributed by atoms with E-state index in [-0.39, 0.29) is 18.3 Å². The van der Waals surface area contributed by atoms with Crippen LogP contribution in [-0.2, 0) is 11.8 Å². The number of hydrogen-bond acceptors (Lipinski definition) is 8. The molecule has 3 aromatic heterocycles. The number of fused-ring (bicyclic) bond motifs is 1. The summed E-state index contributed by atoms with van der Waals surface area (Å²) in [5.41, 5.74) is 1.53. The van der Waals surface area contributed by atoms with Crippen molar-refractivity contribution in [3.63, 3.8) is 0 Å². The normalized spacial score (nSPS) is 16.5. The number of nitrogens with one attached hydrogen (secondary N) is 1. The zero-order valence-electron chi connectivity index (χ0n) is 17.7. The van der Waals surface area contributed by atoms with E-state index in [4.69, 9.17) is 20.6 Å². The lowest BCUT2D eigenvalue weighted by molar-refractivity contribution is 0.0593. The Morgan fingerprint density at radius 1 is 1.29 bits per heavy atom. The van der Waals surface area contributed by atoms with Crippen molar-refractivity contribution in [2.24, 2.45) is 7.05 Å². The summed E-state index contributed by atoms with van der Waals surface area (Å²) in [6.07, 6.45) is 11.2. The minimum Gasteiger partial charge on any atom is -0.481 e. The third-order valence-electron chi connectivity index (χ3n) is 5.22. The quantitative estimate of drug-likeness (QED) is 0.417. The molecular formula is C20H25N7O4.